The fourth-order valence-corrected chi connectivity index (χ4v) is 2.22. The van der Waals surface area contributed by atoms with Gasteiger partial charge in [-0.25, -0.2) is 9.47 Å². The van der Waals surface area contributed by atoms with Gasteiger partial charge in [-0.3, -0.25) is 15.0 Å². The largest absolute Gasteiger partial charge is 0.465 e. The molecule has 0 fully saturated rings. The van der Waals surface area contributed by atoms with E-state index in [1.54, 1.807) is 30.3 Å². The van der Waals surface area contributed by atoms with Crippen LogP contribution in [0.2, 0.25) is 0 Å². The number of nitrogens with zero attached hydrogens (tertiary/aromatic N) is 1. The van der Waals surface area contributed by atoms with Crippen molar-refractivity contribution in [2.45, 2.75) is 0 Å². The Morgan fingerprint density at radius 1 is 1.13 bits per heavy atom. The lowest BCUT2D eigenvalue weighted by molar-refractivity contribution is 0.0601. The number of hydrogen-bond acceptors (Lipinski definition) is 5. The second-order valence-electron chi connectivity index (χ2n) is 4.67. The van der Waals surface area contributed by atoms with Crippen LogP contribution in [0.25, 0.3) is 10.8 Å². The highest BCUT2D eigenvalue weighted by Crippen LogP contribution is 2.16. The first-order chi connectivity index (χ1) is 11.1. The summed E-state index contributed by atoms with van der Waals surface area (Å²) in [6, 6.07) is 9.60. The van der Waals surface area contributed by atoms with Crippen molar-refractivity contribution >= 4 is 22.6 Å². The number of aromatic nitrogens is 1. The smallest absolute Gasteiger partial charge is 0.340 e. The van der Waals surface area contributed by atoms with Gasteiger partial charge in [-0.05, 0) is 18.2 Å². The molecule has 2 heterocycles. The molecule has 3 rings (SSSR count). The first kappa shape index (κ1) is 14.6. The number of nitrogens with one attached hydrogen (secondary N) is 1. The number of carbonyl (C=O) groups is 2. The van der Waals surface area contributed by atoms with Crippen molar-refractivity contribution in [1.82, 2.24) is 4.68 Å². The summed E-state index contributed by atoms with van der Waals surface area (Å²) in [5.74, 6) is -1.17. The highest BCUT2D eigenvalue weighted by atomic mass is 16.5. The van der Waals surface area contributed by atoms with Gasteiger partial charge in [0.1, 0.15) is 0 Å². The summed E-state index contributed by atoms with van der Waals surface area (Å²) >= 11 is 0. The molecule has 0 aliphatic heterocycles. The van der Waals surface area contributed by atoms with Gasteiger partial charge in [0.2, 0.25) is 0 Å². The van der Waals surface area contributed by atoms with E-state index in [2.05, 4.69) is 5.43 Å². The molecule has 0 radical (unpaired) electrons. The third kappa shape index (κ3) is 2.59. The minimum atomic E-state index is -0.609. The van der Waals surface area contributed by atoms with Crippen LogP contribution in [-0.4, -0.2) is 23.7 Å². The Kier molecular flexibility index (Phi) is 3.68. The number of methoxy groups -OCH3 is 1. The minimum Gasteiger partial charge on any atom is -0.465 e. The average Bonchev–Trinajstić information content (AvgIpc) is 3.11. The third-order valence-corrected chi connectivity index (χ3v) is 3.30. The van der Waals surface area contributed by atoms with E-state index in [9.17, 15) is 14.4 Å². The summed E-state index contributed by atoms with van der Waals surface area (Å²) < 4.78 is 10.6. The zero-order valence-electron chi connectivity index (χ0n) is 12.1. The van der Waals surface area contributed by atoms with Crippen LogP contribution in [0, 0.1) is 0 Å². The van der Waals surface area contributed by atoms with Crippen LogP contribution in [0.15, 0.2) is 58.1 Å². The zero-order valence-corrected chi connectivity index (χ0v) is 12.1. The SMILES string of the molecule is COC(=O)c1cn(NC(=O)c2ccco2)c(=O)c2ccccc12. The van der Waals surface area contributed by atoms with Crippen molar-refractivity contribution in [3.05, 3.63) is 70.5 Å². The van der Waals surface area contributed by atoms with Gasteiger partial charge in [0, 0.05) is 17.0 Å². The Morgan fingerprint density at radius 2 is 1.87 bits per heavy atom. The highest BCUT2D eigenvalue weighted by Gasteiger charge is 2.17. The van der Waals surface area contributed by atoms with Gasteiger partial charge in [0.25, 0.3) is 5.56 Å². The van der Waals surface area contributed by atoms with Gasteiger partial charge in [-0.15, -0.1) is 0 Å². The Hall–Kier alpha value is -3.35. The molecule has 1 aromatic carbocycles. The van der Waals surface area contributed by atoms with Crippen LogP contribution in [0.4, 0.5) is 0 Å². The van der Waals surface area contributed by atoms with E-state index in [0.717, 1.165) is 4.68 Å². The summed E-state index contributed by atoms with van der Waals surface area (Å²) in [5.41, 5.74) is 2.09. The molecular formula is C16H12N2O5. The molecule has 0 aliphatic rings. The quantitative estimate of drug-likeness (QED) is 0.744. The summed E-state index contributed by atoms with van der Waals surface area (Å²) in [4.78, 5) is 36.4. The number of benzene rings is 1. The molecule has 7 heteroatoms. The molecular weight excluding hydrogens is 300 g/mol. The van der Waals surface area contributed by atoms with E-state index < -0.39 is 17.4 Å². The Labute approximate surface area is 130 Å². The lowest BCUT2D eigenvalue weighted by Gasteiger charge is -2.11. The van der Waals surface area contributed by atoms with Crippen molar-refractivity contribution < 1.29 is 18.7 Å². The highest BCUT2D eigenvalue weighted by molar-refractivity contribution is 6.04. The fourth-order valence-electron chi connectivity index (χ4n) is 2.22. The van der Waals surface area contributed by atoms with Gasteiger partial charge < -0.3 is 9.15 Å². The van der Waals surface area contributed by atoms with Crippen LogP contribution in [0.5, 0.6) is 0 Å². The van der Waals surface area contributed by atoms with Crippen LogP contribution >= 0.6 is 0 Å². The molecule has 1 amide bonds. The first-order valence-electron chi connectivity index (χ1n) is 6.69. The van der Waals surface area contributed by atoms with E-state index in [-0.39, 0.29) is 16.7 Å². The lowest BCUT2D eigenvalue weighted by atomic mass is 10.1. The maximum absolute atomic E-state index is 12.5. The molecule has 7 nitrogen and oxygen atoms in total. The summed E-state index contributed by atoms with van der Waals surface area (Å²) in [6.07, 6.45) is 2.58. The zero-order chi connectivity index (χ0) is 16.4. The molecule has 0 saturated heterocycles. The first-order valence-corrected chi connectivity index (χ1v) is 6.69. The van der Waals surface area contributed by atoms with E-state index in [0.29, 0.717) is 5.39 Å². The molecule has 116 valence electrons. The van der Waals surface area contributed by atoms with Crippen LogP contribution in [-0.2, 0) is 4.74 Å². The van der Waals surface area contributed by atoms with E-state index in [1.165, 1.54) is 25.6 Å². The molecule has 23 heavy (non-hydrogen) atoms. The van der Waals surface area contributed by atoms with Crippen molar-refractivity contribution in [3.63, 3.8) is 0 Å². The summed E-state index contributed by atoms with van der Waals surface area (Å²) in [5, 5.41) is 0.739. The molecule has 2 aromatic heterocycles. The van der Waals surface area contributed by atoms with Crippen LogP contribution < -0.4 is 11.0 Å². The fraction of sp³-hybridized carbons (Fsp3) is 0.0625. The monoisotopic (exact) mass is 312 g/mol. The number of ether oxygens (including phenoxy) is 1. The number of amides is 1. The molecule has 0 aliphatic carbocycles. The number of fused-ring (bicyclic) bond motifs is 1. The average molecular weight is 312 g/mol. The maximum Gasteiger partial charge on any atom is 0.340 e. The van der Waals surface area contributed by atoms with Crippen LogP contribution in [0.3, 0.4) is 0 Å². The number of furan rings is 1. The summed E-state index contributed by atoms with van der Waals surface area (Å²) in [7, 11) is 1.24. The molecule has 0 bridgehead atoms. The van der Waals surface area contributed by atoms with Crippen molar-refractivity contribution in [3.8, 4) is 0 Å². The van der Waals surface area contributed by atoms with Gasteiger partial charge >= 0.3 is 11.9 Å². The molecule has 1 N–H and O–H groups in total. The topological polar surface area (TPSA) is 90.5 Å². The van der Waals surface area contributed by atoms with Gasteiger partial charge in [0.05, 0.1) is 18.9 Å². The molecule has 0 spiro atoms. The molecule has 0 saturated carbocycles. The Balaban J connectivity index is 2.14. The summed E-state index contributed by atoms with van der Waals surface area (Å²) in [6.45, 7) is 0. The Bertz CT molecular complexity index is 941. The predicted molar refractivity (Wildman–Crippen MR) is 81.9 cm³/mol. The second kappa shape index (κ2) is 5.80. The van der Waals surface area contributed by atoms with Gasteiger partial charge in [-0.2, -0.15) is 0 Å². The van der Waals surface area contributed by atoms with Crippen molar-refractivity contribution in [2.75, 3.05) is 12.5 Å². The van der Waals surface area contributed by atoms with Gasteiger partial charge in [0.15, 0.2) is 5.76 Å². The maximum atomic E-state index is 12.5. The van der Waals surface area contributed by atoms with Crippen molar-refractivity contribution in [1.29, 1.82) is 0 Å². The van der Waals surface area contributed by atoms with Crippen LogP contribution in [0.1, 0.15) is 20.9 Å². The van der Waals surface area contributed by atoms with E-state index >= 15 is 0 Å². The van der Waals surface area contributed by atoms with Gasteiger partial charge in [-0.1, -0.05) is 18.2 Å². The number of esters is 1. The standard InChI is InChI=1S/C16H12N2O5/c1-22-16(21)12-9-18(17-14(19)13-7-4-8-23-13)15(20)11-6-3-2-5-10(11)12/h2-9H,1H3,(H,17,19). The molecule has 0 unspecified atom stereocenters. The second-order valence-corrected chi connectivity index (χ2v) is 4.67. The molecule has 3 aromatic rings. The van der Waals surface area contributed by atoms with E-state index in [1.807, 2.05) is 0 Å². The van der Waals surface area contributed by atoms with E-state index in [4.69, 9.17) is 9.15 Å². The molecule has 0 atom stereocenters. The third-order valence-electron chi connectivity index (χ3n) is 3.30. The van der Waals surface area contributed by atoms with Crippen molar-refractivity contribution in [2.24, 2.45) is 0 Å². The normalized spacial score (nSPS) is 10.5. The lowest BCUT2D eigenvalue weighted by Crippen LogP contribution is -2.33. The predicted octanol–water partition coefficient (Wildman–Crippen LogP) is 1.76. The number of carbonyl (C=O) groups excluding carboxylic acids is 2. The Morgan fingerprint density at radius 3 is 2.52 bits per heavy atom. The minimum absolute atomic E-state index is 0.0460. The number of pyridine rings is 1. The number of rotatable bonds is 3. The number of hydrogen-bond donors (Lipinski definition) is 1.